The standard InChI is InChI=1S/C13H18S/c1-4-13(2,3)14-11-10-12-8-6-5-7-9-12/h4-9H,1,10-11H2,2-3H3. The Bertz CT molecular complexity index is 275. The third-order valence-electron chi connectivity index (χ3n) is 2.20. The molecule has 1 rings (SSSR count). The highest BCUT2D eigenvalue weighted by Crippen LogP contribution is 2.25. The van der Waals surface area contributed by atoms with Crippen molar-refractivity contribution in [3.63, 3.8) is 0 Å². The van der Waals surface area contributed by atoms with E-state index in [0.29, 0.717) is 0 Å². The molecule has 1 heteroatoms. The van der Waals surface area contributed by atoms with Gasteiger partial charge < -0.3 is 0 Å². The number of hydrogen-bond acceptors (Lipinski definition) is 1. The summed E-state index contributed by atoms with van der Waals surface area (Å²) < 4.78 is 0.203. The average molecular weight is 206 g/mol. The van der Waals surface area contributed by atoms with Crippen LogP contribution in [0.1, 0.15) is 19.4 Å². The predicted octanol–water partition coefficient (Wildman–Crippen LogP) is 3.93. The molecule has 76 valence electrons. The lowest BCUT2D eigenvalue weighted by atomic mass is 10.2. The van der Waals surface area contributed by atoms with Gasteiger partial charge in [-0.05, 0) is 31.6 Å². The molecule has 1 aromatic rings. The van der Waals surface area contributed by atoms with Crippen molar-refractivity contribution in [1.82, 2.24) is 0 Å². The summed E-state index contributed by atoms with van der Waals surface area (Å²) in [5.74, 6) is 1.16. The zero-order valence-corrected chi connectivity index (χ0v) is 9.81. The van der Waals surface area contributed by atoms with Crippen LogP contribution in [0.15, 0.2) is 43.0 Å². The molecule has 0 aliphatic heterocycles. The van der Waals surface area contributed by atoms with Gasteiger partial charge in [0.25, 0.3) is 0 Å². The molecular formula is C13H18S. The van der Waals surface area contributed by atoms with E-state index in [1.807, 2.05) is 17.8 Å². The van der Waals surface area contributed by atoms with Crippen molar-refractivity contribution in [3.8, 4) is 0 Å². The smallest absolute Gasteiger partial charge is 0.0279 e. The molecule has 0 heterocycles. The molecule has 0 saturated heterocycles. The monoisotopic (exact) mass is 206 g/mol. The summed E-state index contributed by atoms with van der Waals surface area (Å²) in [6.45, 7) is 8.25. The van der Waals surface area contributed by atoms with Gasteiger partial charge in [-0.1, -0.05) is 36.4 Å². The van der Waals surface area contributed by atoms with Crippen molar-refractivity contribution in [2.24, 2.45) is 0 Å². The number of hydrogen-bond donors (Lipinski definition) is 0. The molecule has 0 unspecified atom stereocenters. The summed E-state index contributed by atoms with van der Waals surface area (Å²) in [6.07, 6.45) is 3.16. The molecule has 0 aliphatic carbocycles. The Morgan fingerprint density at radius 2 is 1.93 bits per heavy atom. The summed E-state index contributed by atoms with van der Waals surface area (Å²) in [6, 6.07) is 10.6. The van der Waals surface area contributed by atoms with Gasteiger partial charge in [0, 0.05) is 4.75 Å². The van der Waals surface area contributed by atoms with Crippen LogP contribution in [0.25, 0.3) is 0 Å². The van der Waals surface area contributed by atoms with Crippen LogP contribution >= 0.6 is 11.8 Å². The molecule has 0 aromatic heterocycles. The van der Waals surface area contributed by atoms with E-state index in [-0.39, 0.29) is 4.75 Å². The molecule has 0 amide bonds. The molecule has 1 aromatic carbocycles. The Kier molecular flexibility index (Phi) is 4.27. The lowest BCUT2D eigenvalue weighted by Gasteiger charge is -2.18. The Morgan fingerprint density at radius 3 is 2.50 bits per heavy atom. The first-order chi connectivity index (χ1) is 6.64. The first-order valence-corrected chi connectivity index (χ1v) is 5.94. The van der Waals surface area contributed by atoms with Crippen molar-refractivity contribution in [3.05, 3.63) is 48.6 Å². The molecule has 14 heavy (non-hydrogen) atoms. The fourth-order valence-electron chi connectivity index (χ4n) is 1.14. The van der Waals surface area contributed by atoms with Gasteiger partial charge in [0.05, 0.1) is 0 Å². The molecule has 0 nitrogen and oxygen atoms in total. The molecule has 0 saturated carbocycles. The number of thioether (sulfide) groups is 1. The van der Waals surface area contributed by atoms with Gasteiger partial charge in [-0.2, -0.15) is 11.8 Å². The second-order valence-electron chi connectivity index (χ2n) is 3.89. The Labute approximate surface area is 91.4 Å². The maximum atomic E-state index is 3.84. The van der Waals surface area contributed by atoms with Crippen LogP contribution in [-0.4, -0.2) is 10.5 Å². The molecule has 0 radical (unpaired) electrons. The lowest BCUT2D eigenvalue weighted by molar-refractivity contribution is 0.897. The van der Waals surface area contributed by atoms with Crippen LogP contribution in [0.5, 0.6) is 0 Å². The van der Waals surface area contributed by atoms with Crippen LogP contribution in [-0.2, 0) is 6.42 Å². The Balaban J connectivity index is 2.32. The lowest BCUT2D eigenvalue weighted by Crippen LogP contribution is -2.11. The van der Waals surface area contributed by atoms with Gasteiger partial charge in [0.1, 0.15) is 0 Å². The minimum absolute atomic E-state index is 0.203. The van der Waals surface area contributed by atoms with E-state index in [0.717, 1.165) is 12.2 Å². The van der Waals surface area contributed by atoms with Gasteiger partial charge in [0.2, 0.25) is 0 Å². The van der Waals surface area contributed by atoms with Gasteiger partial charge in [0.15, 0.2) is 0 Å². The molecule has 0 N–H and O–H groups in total. The van der Waals surface area contributed by atoms with Crippen molar-refractivity contribution >= 4 is 11.8 Å². The van der Waals surface area contributed by atoms with Crippen LogP contribution in [0.2, 0.25) is 0 Å². The number of rotatable bonds is 5. The van der Waals surface area contributed by atoms with Crippen LogP contribution < -0.4 is 0 Å². The van der Waals surface area contributed by atoms with E-state index in [1.54, 1.807) is 0 Å². The van der Waals surface area contributed by atoms with Crippen molar-refractivity contribution < 1.29 is 0 Å². The fraction of sp³-hybridized carbons (Fsp3) is 0.385. The second kappa shape index (κ2) is 5.26. The van der Waals surface area contributed by atoms with Crippen molar-refractivity contribution in [1.29, 1.82) is 0 Å². The topological polar surface area (TPSA) is 0 Å². The highest BCUT2D eigenvalue weighted by atomic mass is 32.2. The van der Waals surface area contributed by atoms with E-state index in [1.165, 1.54) is 5.56 Å². The molecule has 0 aliphatic rings. The molecule has 0 bridgehead atoms. The predicted molar refractivity (Wildman–Crippen MR) is 66.9 cm³/mol. The zero-order valence-electron chi connectivity index (χ0n) is 8.99. The molecule has 0 spiro atoms. The Morgan fingerprint density at radius 1 is 1.29 bits per heavy atom. The Hall–Kier alpha value is -0.690. The number of aryl methyl sites for hydroxylation is 1. The van der Waals surface area contributed by atoms with Crippen LogP contribution in [0.3, 0.4) is 0 Å². The first kappa shape index (κ1) is 11.4. The van der Waals surface area contributed by atoms with Gasteiger partial charge in [-0.25, -0.2) is 0 Å². The van der Waals surface area contributed by atoms with E-state index < -0.39 is 0 Å². The van der Waals surface area contributed by atoms with Crippen LogP contribution in [0.4, 0.5) is 0 Å². The largest absolute Gasteiger partial charge is 0.151 e. The summed E-state index contributed by atoms with van der Waals surface area (Å²) in [5, 5.41) is 0. The molecular weight excluding hydrogens is 188 g/mol. The summed E-state index contributed by atoms with van der Waals surface area (Å²) in [7, 11) is 0. The zero-order chi connectivity index (χ0) is 10.4. The van der Waals surface area contributed by atoms with Gasteiger partial charge in [-0.15, -0.1) is 6.58 Å². The average Bonchev–Trinajstić information content (AvgIpc) is 2.19. The second-order valence-corrected chi connectivity index (χ2v) is 5.64. The van der Waals surface area contributed by atoms with Gasteiger partial charge >= 0.3 is 0 Å². The third-order valence-corrected chi connectivity index (χ3v) is 3.52. The third kappa shape index (κ3) is 4.01. The summed E-state index contributed by atoms with van der Waals surface area (Å²) in [4.78, 5) is 0. The van der Waals surface area contributed by atoms with E-state index >= 15 is 0 Å². The highest BCUT2D eigenvalue weighted by Gasteiger charge is 2.12. The van der Waals surface area contributed by atoms with E-state index in [2.05, 4.69) is 50.8 Å². The van der Waals surface area contributed by atoms with Gasteiger partial charge in [-0.3, -0.25) is 0 Å². The van der Waals surface area contributed by atoms with E-state index in [4.69, 9.17) is 0 Å². The molecule has 0 fully saturated rings. The SMILES string of the molecule is C=CC(C)(C)SCCc1ccccc1. The summed E-state index contributed by atoms with van der Waals surface area (Å²) >= 11 is 1.96. The normalized spacial score (nSPS) is 11.3. The fourth-order valence-corrected chi connectivity index (χ4v) is 2.12. The van der Waals surface area contributed by atoms with Crippen LogP contribution in [0, 0.1) is 0 Å². The quantitative estimate of drug-likeness (QED) is 0.658. The molecule has 0 atom stereocenters. The van der Waals surface area contributed by atoms with E-state index in [9.17, 15) is 0 Å². The van der Waals surface area contributed by atoms with Crippen molar-refractivity contribution in [2.45, 2.75) is 25.0 Å². The highest BCUT2D eigenvalue weighted by molar-refractivity contribution is 8.00. The number of benzene rings is 1. The summed E-state index contributed by atoms with van der Waals surface area (Å²) in [5.41, 5.74) is 1.42. The first-order valence-electron chi connectivity index (χ1n) is 4.95. The minimum atomic E-state index is 0.203. The van der Waals surface area contributed by atoms with Crippen molar-refractivity contribution in [2.75, 3.05) is 5.75 Å². The minimum Gasteiger partial charge on any atom is -0.151 e. The maximum absolute atomic E-state index is 3.84. The maximum Gasteiger partial charge on any atom is 0.0279 e.